The van der Waals surface area contributed by atoms with Gasteiger partial charge in [0.05, 0.1) is 0 Å². The molecular formula is C18H23NO3. The zero-order chi connectivity index (χ0) is 16.1. The Bertz CT molecular complexity index is 626. The largest absolute Gasteiger partial charge is 0.465 e. The summed E-state index contributed by atoms with van der Waals surface area (Å²) in [6, 6.07) is 5.94. The average Bonchev–Trinajstić information content (AvgIpc) is 3.08. The second kappa shape index (κ2) is 4.83. The molecule has 0 saturated heterocycles. The van der Waals surface area contributed by atoms with Crippen LogP contribution in [-0.4, -0.2) is 23.0 Å². The molecule has 3 rings (SSSR count). The normalized spacial score (nSPS) is 21.5. The molecule has 2 aliphatic rings. The third kappa shape index (κ3) is 2.31. The highest BCUT2D eigenvalue weighted by Gasteiger charge is 2.54. The maximum Gasteiger partial charge on any atom is 0.412 e. The van der Waals surface area contributed by atoms with Crippen molar-refractivity contribution < 1.29 is 14.7 Å². The standard InChI is InChI=1S/C18H23NO3/c1-17(2,3)19(16(21)22)13-4-5-14-12(10-13)11-18(7-8-18)15(14)6-9-20/h4-5,9-10,15H,6-8,11H2,1-3H3,(H,21,22). The summed E-state index contributed by atoms with van der Waals surface area (Å²) in [5.74, 6) is 0.321. The van der Waals surface area contributed by atoms with Gasteiger partial charge in [0.1, 0.15) is 6.29 Å². The number of nitrogens with zero attached hydrogens (tertiary/aromatic N) is 1. The average molecular weight is 301 g/mol. The first-order valence-electron chi connectivity index (χ1n) is 7.88. The SMILES string of the molecule is CC(C)(C)N(C(=O)O)c1ccc2c(c1)CC1(CC1)C2CC=O. The van der Waals surface area contributed by atoms with Crippen LogP contribution in [0.1, 0.15) is 57.1 Å². The summed E-state index contributed by atoms with van der Waals surface area (Å²) in [4.78, 5) is 24.0. The number of fused-ring (bicyclic) bond motifs is 1. The maximum atomic E-state index is 11.6. The minimum atomic E-state index is -0.934. The lowest BCUT2D eigenvalue weighted by molar-refractivity contribution is -0.108. The second-order valence-corrected chi connectivity index (χ2v) is 7.67. The first-order valence-corrected chi connectivity index (χ1v) is 7.88. The Kier molecular flexibility index (Phi) is 3.31. The molecule has 1 atom stereocenters. The Balaban J connectivity index is 1.99. The first kappa shape index (κ1) is 15.1. The highest BCUT2D eigenvalue weighted by Crippen LogP contribution is 2.64. The summed E-state index contributed by atoms with van der Waals surface area (Å²) < 4.78 is 0. The molecule has 4 heteroatoms. The molecule has 0 bridgehead atoms. The molecule has 2 aliphatic carbocycles. The number of carbonyl (C=O) groups is 2. The van der Waals surface area contributed by atoms with E-state index >= 15 is 0 Å². The van der Waals surface area contributed by atoms with E-state index in [2.05, 4.69) is 0 Å². The number of amides is 1. The van der Waals surface area contributed by atoms with Crippen LogP contribution in [0.25, 0.3) is 0 Å². The Morgan fingerprint density at radius 1 is 1.41 bits per heavy atom. The monoisotopic (exact) mass is 301 g/mol. The molecule has 0 heterocycles. The zero-order valence-corrected chi connectivity index (χ0v) is 13.4. The number of benzene rings is 1. The van der Waals surface area contributed by atoms with Crippen molar-refractivity contribution in [3.63, 3.8) is 0 Å². The summed E-state index contributed by atoms with van der Waals surface area (Å²) in [5, 5.41) is 9.54. The number of aldehydes is 1. The number of anilines is 1. The van der Waals surface area contributed by atoms with E-state index in [-0.39, 0.29) is 5.41 Å². The van der Waals surface area contributed by atoms with Crippen LogP contribution in [0.15, 0.2) is 18.2 Å². The number of carboxylic acid groups (broad SMARTS) is 1. The van der Waals surface area contributed by atoms with Gasteiger partial charge in [-0.05, 0) is 74.6 Å². The van der Waals surface area contributed by atoms with E-state index in [1.54, 1.807) is 0 Å². The van der Waals surface area contributed by atoms with Gasteiger partial charge in [-0.2, -0.15) is 0 Å². The van der Waals surface area contributed by atoms with Crippen molar-refractivity contribution in [1.29, 1.82) is 0 Å². The molecule has 4 nitrogen and oxygen atoms in total. The highest BCUT2D eigenvalue weighted by molar-refractivity contribution is 5.88. The van der Waals surface area contributed by atoms with Crippen molar-refractivity contribution in [3.8, 4) is 0 Å². The van der Waals surface area contributed by atoms with Gasteiger partial charge in [0.2, 0.25) is 0 Å². The Morgan fingerprint density at radius 3 is 2.59 bits per heavy atom. The van der Waals surface area contributed by atoms with E-state index in [1.807, 2.05) is 39.0 Å². The van der Waals surface area contributed by atoms with Crippen molar-refractivity contribution in [2.24, 2.45) is 5.41 Å². The van der Waals surface area contributed by atoms with Gasteiger partial charge < -0.3 is 9.90 Å². The van der Waals surface area contributed by atoms with E-state index in [0.29, 0.717) is 12.3 Å². The molecule has 1 saturated carbocycles. The van der Waals surface area contributed by atoms with Crippen molar-refractivity contribution in [3.05, 3.63) is 29.3 Å². The Morgan fingerprint density at radius 2 is 2.09 bits per heavy atom. The van der Waals surface area contributed by atoms with Crippen molar-refractivity contribution in [2.75, 3.05) is 4.90 Å². The molecule has 118 valence electrons. The number of hydrogen-bond donors (Lipinski definition) is 1. The minimum absolute atomic E-state index is 0.275. The Hall–Kier alpha value is -1.84. The molecule has 1 aromatic rings. The van der Waals surface area contributed by atoms with E-state index in [1.165, 1.54) is 28.9 Å². The molecule has 1 fully saturated rings. The van der Waals surface area contributed by atoms with Crippen LogP contribution in [0.2, 0.25) is 0 Å². The van der Waals surface area contributed by atoms with E-state index in [9.17, 15) is 14.7 Å². The molecule has 1 amide bonds. The molecule has 1 unspecified atom stereocenters. The molecule has 0 aromatic heterocycles. The van der Waals surface area contributed by atoms with Crippen molar-refractivity contribution in [1.82, 2.24) is 0 Å². The highest BCUT2D eigenvalue weighted by atomic mass is 16.4. The molecule has 0 radical (unpaired) electrons. The second-order valence-electron chi connectivity index (χ2n) is 7.67. The molecule has 22 heavy (non-hydrogen) atoms. The van der Waals surface area contributed by atoms with Crippen LogP contribution in [-0.2, 0) is 11.2 Å². The van der Waals surface area contributed by atoms with Gasteiger partial charge in [0.25, 0.3) is 0 Å². The van der Waals surface area contributed by atoms with Gasteiger partial charge in [-0.3, -0.25) is 4.90 Å². The smallest absolute Gasteiger partial charge is 0.412 e. The topological polar surface area (TPSA) is 57.6 Å². The van der Waals surface area contributed by atoms with Gasteiger partial charge >= 0.3 is 6.09 Å². The summed E-state index contributed by atoms with van der Waals surface area (Å²) in [5.41, 5.74) is 2.97. The molecule has 0 aliphatic heterocycles. The molecular weight excluding hydrogens is 278 g/mol. The van der Waals surface area contributed by atoms with Crippen LogP contribution in [0.4, 0.5) is 10.5 Å². The van der Waals surface area contributed by atoms with Crippen LogP contribution in [0, 0.1) is 5.41 Å². The summed E-state index contributed by atoms with van der Waals surface area (Å²) in [6.07, 6.45) is 4.00. The third-order valence-electron chi connectivity index (χ3n) is 5.13. The van der Waals surface area contributed by atoms with Crippen LogP contribution >= 0.6 is 0 Å². The van der Waals surface area contributed by atoms with Crippen molar-refractivity contribution in [2.45, 2.75) is 57.9 Å². The molecule has 1 spiro atoms. The summed E-state index contributed by atoms with van der Waals surface area (Å²) in [7, 11) is 0. The lowest BCUT2D eigenvalue weighted by Crippen LogP contribution is -2.45. The quantitative estimate of drug-likeness (QED) is 0.859. The van der Waals surface area contributed by atoms with Gasteiger partial charge in [-0.1, -0.05) is 6.07 Å². The lowest BCUT2D eigenvalue weighted by Gasteiger charge is -2.33. The number of hydrogen-bond acceptors (Lipinski definition) is 2. The zero-order valence-electron chi connectivity index (χ0n) is 13.4. The molecule has 1 N–H and O–H groups in total. The predicted molar refractivity (Wildman–Crippen MR) is 85.5 cm³/mol. The van der Waals surface area contributed by atoms with Gasteiger partial charge in [0.15, 0.2) is 0 Å². The first-order chi connectivity index (χ1) is 10.3. The van der Waals surface area contributed by atoms with Crippen LogP contribution in [0.5, 0.6) is 0 Å². The fraction of sp³-hybridized carbons (Fsp3) is 0.556. The van der Waals surface area contributed by atoms with E-state index in [0.717, 1.165) is 18.4 Å². The number of rotatable bonds is 3. The fourth-order valence-corrected chi connectivity index (χ4v) is 4.00. The third-order valence-corrected chi connectivity index (χ3v) is 5.13. The minimum Gasteiger partial charge on any atom is -0.465 e. The van der Waals surface area contributed by atoms with Gasteiger partial charge in [-0.15, -0.1) is 0 Å². The summed E-state index contributed by atoms with van der Waals surface area (Å²) >= 11 is 0. The van der Waals surface area contributed by atoms with Crippen molar-refractivity contribution >= 4 is 18.1 Å². The van der Waals surface area contributed by atoms with Crippen LogP contribution in [0.3, 0.4) is 0 Å². The maximum absolute atomic E-state index is 11.6. The Labute approximate surface area is 131 Å². The predicted octanol–water partition coefficient (Wildman–Crippen LogP) is 3.98. The van der Waals surface area contributed by atoms with Crippen LogP contribution < -0.4 is 4.90 Å². The van der Waals surface area contributed by atoms with Gasteiger partial charge in [-0.25, -0.2) is 4.79 Å². The van der Waals surface area contributed by atoms with Gasteiger partial charge in [0, 0.05) is 17.6 Å². The lowest BCUT2D eigenvalue weighted by atomic mass is 9.87. The summed E-state index contributed by atoms with van der Waals surface area (Å²) in [6.45, 7) is 5.68. The van der Waals surface area contributed by atoms with E-state index < -0.39 is 11.6 Å². The number of carbonyl (C=O) groups excluding carboxylic acids is 1. The van der Waals surface area contributed by atoms with E-state index in [4.69, 9.17) is 0 Å². The molecule has 1 aromatic carbocycles. The fourth-order valence-electron chi connectivity index (χ4n) is 4.00.